The molecular formula is C10H12N4O4S. The van der Waals surface area contributed by atoms with Gasteiger partial charge in [-0.05, 0) is 0 Å². The lowest BCUT2D eigenvalue weighted by Crippen LogP contribution is -2.45. The highest BCUT2D eigenvalue weighted by Crippen LogP contribution is 2.32. The molecule has 0 radical (unpaired) electrons. The zero-order valence-corrected chi connectivity index (χ0v) is 10.5. The third-order valence-corrected chi connectivity index (χ3v) is 3.44. The Morgan fingerprint density at radius 3 is 2.68 bits per heavy atom. The van der Waals surface area contributed by atoms with Gasteiger partial charge in [-0.1, -0.05) is 12.2 Å². The third-order valence-electron chi connectivity index (χ3n) is 3.13. The summed E-state index contributed by atoms with van der Waals surface area (Å²) in [6.45, 7) is -0.379. The molecule has 3 aliphatic rings. The zero-order chi connectivity index (χ0) is 13.6. The molecule has 3 aliphatic heterocycles. The molecule has 0 aliphatic carbocycles. The van der Waals surface area contributed by atoms with Crippen LogP contribution in [0, 0.1) is 0 Å². The van der Waals surface area contributed by atoms with E-state index in [1.807, 2.05) is 0 Å². The Morgan fingerprint density at radius 1 is 1.37 bits per heavy atom. The topological polar surface area (TPSA) is 110 Å². The van der Waals surface area contributed by atoms with Crippen LogP contribution in [0.2, 0.25) is 0 Å². The summed E-state index contributed by atoms with van der Waals surface area (Å²) in [5.41, 5.74) is 0.507. The van der Waals surface area contributed by atoms with Crippen LogP contribution in [0.25, 0.3) is 0 Å². The van der Waals surface area contributed by atoms with E-state index in [2.05, 4.69) is 15.5 Å². The van der Waals surface area contributed by atoms with Gasteiger partial charge in [0.15, 0.2) is 6.23 Å². The molecule has 0 spiro atoms. The predicted octanol–water partition coefficient (Wildman–Crippen LogP) is -1.24. The number of hydrogen-bond acceptors (Lipinski definition) is 8. The number of hydrogen-bond donors (Lipinski definition) is 4. The largest absolute Gasteiger partial charge is 0.394 e. The number of rotatable bonds is 2. The molecule has 3 heterocycles. The van der Waals surface area contributed by atoms with Crippen LogP contribution in [-0.2, 0) is 4.74 Å². The quantitative estimate of drug-likeness (QED) is 0.371. The first-order valence-corrected chi connectivity index (χ1v) is 6.08. The van der Waals surface area contributed by atoms with E-state index in [1.54, 1.807) is 17.3 Å². The molecule has 3 rings (SSSR count). The molecule has 0 amide bonds. The first-order chi connectivity index (χ1) is 9.13. The number of nitrogens with zero attached hydrogens (tertiary/aromatic N) is 3. The van der Waals surface area contributed by atoms with Gasteiger partial charge in [-0.15, -0.1) is 10.2 Å². The van der Waals surface area contributed by atoms with Gasteiger partial charge in [0.1, 0.15) is 29.0 Å². The molecule has 8 nitrogen and oxygen atoms in total. The van der Waals surface area contributed by atoms with Crippen molar-refractivity contribution in [2.24, 2.45) is 10.2 Å². The fourth-order valence-electron chi connectivity index (χ4n) is 2.11. The van der Waals surface area contributed by atoms with Crippen molar-refractivity contribution in [3.05, 3.63) is 23.9 Å². The van der Waals surface area contributed by atoms with E-state index >= 15 is 0 Å². The summed E-state index contributed by atoms with van der Waals surface area (Å²) in [5, 5.41) is 39.2. The minimum atomic E-state index is -1.17. The van der Waals surface area contributed by atoms with E-state index in [-0.39, 0.29) is 6.61 Å². The van der Waals surface area contributed by atoms with E-state index in [9.17, 15) is 10.2 Å². The molecule has 4 N–H and O–H groups in total. The Kier molecular flexibility index (Phi) is 3.07. The second kappa shape index (κ2) is 4.62. The molecule has 1 saturated heterocycles. The van der Waals surface area contributed by atoms with Crippen LogP contribution in [0.1, 0.15) is 0 Å². The van der Waals surface area contributed by atoms with Crippen LogP contribution in [0.4, 0.5) is 0 Å². The van der Waals surface area contributed by atoms with Crippen LogP contribution in [0.3, 0.4) is 0 Å². The van der Waals surface area contributed by atoms with Crippen molar-refractivity contribution in [2.45, 2.75) is 24.5 Å². The highest BCUT2D eigenvalue weighted by atomic mass is 32.1. The minimum absolute atomic E-state index is 0.379. The Balaban J connectivity index is 1.89. The van der Waals surface area contributed by atoms with E-state index in [4.69, 9.17) is 22.1 Å². The summed E-state index contributed by atoms with van der Waals surface area (Å²) in [7, 11) is 0. The fourth-order valence-corrected chi connectivity index (χ4v) is 2.38. The first-order valence-electron chi connectivity index (χ1n) is 5.68. The lowest BCUT2D eigenvalue weighted by atomic mass is 10.1. The Bertz CT molecular complexity index is 498. The van der Waals surface area contributed by atoms with Gasteiger partial charge in [-0.25, -0.2) is 0 Å². The maximum Gasteiger partial charge on any atom is 0.223 e. The molecule has 4 atom stereocenters. The number of aliphatic hydroxyl groups is 3. The van der Waals surface area contributed by atoms with Gasteiger partial charge >= 0.3 is 0 Å². The number of thiocarbonyl (C=S) groups is 1. The normalized spacial score (nSPS) is 37.0. The van der Waals surface area contributed by atoms with Crippen LogP contribution >= 0.6 is 12.2 Å². The molecule has 9 heteroatoms. The molecular weight excluding hydrogens is 272 g/mol. The molecule has 19 heavy (non-hydrogen) atoms. The van der Waals surface area contributed by atoms with Crippen LogP contribution < -0.4 is 5.32 Å². The van der Waals surface area contributed by atoms with Crippen molar-refractivity contribution < 1.29 is 20.1 Å². The van der Waals surface area contributed by atoms with Crippen molar-refractivity contribution >= 4 is 17.2 Å². The Morgan fingerprint density at radius 2 is 2.11 bits per heavy atom. The average Bonchev–Trinajstić information content (AvgIpc) is 3.19. The summed E-state index contributed by atoms with van der Waals surface area (Å²) in [6, 6.07) is 0. The van der Waals surface area contributed by atoms with Crippen molar-refractivity contribution in [1.82, 2.24) is 10.2 Å². The van der Waals surface area contributed by atoms with Crippen LogP contribution in [0.5, 0.6) is 0 Å². The van der Waals surface area contributed by atoms with Crippen molar-refractivity contribution in [3.63, 3.8) is 0 Å². The zero-order valence-electron chi connectivity index (χ0n) is 9.67. The van der Waals surface area contributed by atoms with Crippen molar-refractivity contribution in [1.29, 1.82) is 0 Å². The summed E-state index contributed by atoms with van der Waals surface area (Å²) in [4.78, 5) is 1.96. The average molecular weight is 284 g/mol. The maximum absolute atomic E-state index is 10.0. The molecule has 4 unspecified atom stereocenters. The second-order valence-corrected chi connectivity index (χ2v) is 4.71. The van der Waals surface area contributed by atoms with Gasteiger partial charge in [0.05, 0.1) is 6.61 Å². The molecule has 0 aromatic rings. The highest BCUT2D eigenvalue weighted by molar-refractivity contribution is 7.80. The maximum atomic E-state index is 10.0. The Hall–Kier alpha value is -1.39. The minimum Gasteiger partial charge on any atom is -0.394 e. The highest BCUT2D eigenvalue weighted by Gasteiger charge is 2.47. The van der Waals surface area contributed by atoms with Crippen LogP contribution in [-0.4, -0.2) is 56.4 Å². The smallest absolute Gasteiger partial charge is 0.223 e. The van der Waals surface area contributed by atoms with E-state index in [1.165, 1.54) is 0 Å². The Labute approximate surface area is 113 Å². The van der Waals surface area contributed by atoms with Crippen LogP contribution in [0.15, 0.2) is 34.1 Å². The molecule has 0 saturated carbocycles. The standard InChI is InChI=1S/C10H12N4O4S/c15-3-4-6(16)7(17)10(18-4)14-2-1-11-9(19)5(14)8-12-13-8/h1-2,4,6-7,10,15-17H,3H2,(H,11,19). The number of nitrogens with one attached hydrogen (secondary N) is 1. The summed E-state index contributed by atoms with van der Waals surface area (Å²) < 4.78 is 5.45. The SMILES string of the molecule is OCC1OC(N2C=CNC(=S)C2=C2N=N2)C(O)C1O. The lowest BCUT2D eigenvalue weighted by molar-refractivity contribution is -0.0676. The summed E-state index contributed by atoms with van der Waals surface area (Å²) >= 11 is 5.15. The van der Waals surface area contributed by atoms with E-state index < -0.39 is 24.5 Å². The van der Waals surface area contributed by atoms with Crippen molar-refractivity contribution in [2.75, 3.05) is 6.61 Å². The molecule has 102 valence electrons. The number of ether oxygens (including phenoxy) is 1. The number of aliphatic hydroxyl groups excluding tert-OH is 3. The van der Waals surface area contributed by atoms with Gasteiger partial charge in [-0.2, -0.15) is 0 Å². The van der Waals surface area contributed by atoms with Gasteiger partial charge in [0.25, 0.3) is 0 Å². The first kappa shape index (κ1) is 12.6. The second-order valence-electron chi connectivity index (χ2n) is 4.30. The fraction of sp³-hybridized carbons (Fsp3) is 0.500. The molecule has 0 aromatic heterocycles. The van der Waals surface area contributed by atoms with Crippen molar-refractivity contribution in [3.8, 4) is 0 Å². The molecule has 0 aromatic carbocycles. The predicted molar refractivity (Wildman–Crippen MR) is 66.4 cm³/mol. The lowest BCUT2D eigenvalue weighted by Gasteiger charge is -2.32. The third kappa shape index (κ3) is 2.05. The van der Waals surface area contributed by atoms with Gasteiger partial charge in [0.2, 0.25) is 5.82 Å². The van der Waals surface area contributed by atoms with E-state index in [0.29, 0.717) is 16.5 Å². The summed E-state index contributed by atoms with van der Waals surface area (Å²) in [5.74, 6) is 0.458. The molecule has 0 bridgehead atoms. The van der Waals surface area contributed by atoms with Gasteiger partial charge in [0, 0.05) is 12.4 Å². The monoisotopic (exact) mass is 284 g/mol. The van der Waals surface area contributed by atoms with Gasteiger partial charge in [-0.3, -0.25) is 0 Å². The van der Waals surface area contributed by atoms with E-state index in [0.717, 1.165) is 0 Å². The van der Waals surface area contributed by atoms with Gasteiger partial charge < -0.3 is 30.3 Å². The molecule has 1 fully saturated rings. The summed E-state index contributed by atoms with van der Waals surface area (Å²) in [6.07, 6.45) is -0.817.